The van der Waals surface area contributed by atoms with Crippen molar-refractivity contribution in [3.05, 3.63) is 53.0 Å². The first-order valence-corrected chi connectivity index (χ1v) is 7.20. The normalized spacial score (nSPS) is 10.5. The molecule has 122 valence electrons. The number of rotatable bonds is 9. The maximum atomic E-state index is 12.2. The molecular formula is C17H19NO5. The van der Waals surface area contributed by atoms with Crippen LogP contribution in [-0.2, 0) is 16.0 Å². The molecule has 1 N–H and O–H groups in total. The zero-order valence-electron chi connectivity index (χ0n) is 12.9. The third-order valence-electron chi connectivity index (χ3n) is 2.95. The largest absolute Gasteiger partial charge is 0.508 e. The van der Waals surface area contributed by atoms with Gasteiger partial charge in [0.2, 0.25) is 0 Å². The van der Waals surface area contributed by atoms with Gasteiger partial charge in [-0.05, 0) is 35.7 Å². The number of aromatic hydroxyl groups is 1. The van der Waals surface area contributed by atoms with Crippen LogP contribution in [0.5, 0.6) is 5.75 Å². The summed E-state index contributed by atoms with van der Waals surface area (Å²) in [6.45, 7) is 5.50. The lowest BCUT2D eigenvalue weighted by Crippen LogP contribution is -2.12. The van der Waals surface area contributed by atoms with Gasteiger partial charge in [-0.25, -0.2) is 4.79 Å². The molecule has 0 aromatic heterocycles. The van der Waals surface area contributed by atoms with E-state index in [2.05, 4.69) is 11.8 Å². The van der Waals surface area contributed by atoms with E-state index >= 15 is 0 Å². The SMILES string of the molecule is C=CCCOC(=O)c1c(CC(=O)/C=C/CC)cc(O)cc1N=O. The van der Waals surface area contributed by atoms with Gasteiger partial charge in [-0.2, -0.15) is 0 Å². The Labute approximate surface area is 134 Å². The van der Waals surface area contributed by atoms with Crippen LogP contribution >= 0.6 is 0 Å². The molecular weight excluding hydrogens is 298 g/mol. The van der Waals surface area contributed by atoms with Crippen molar-refractivity contribution in [2.45, 2.75) is 26.2 Å². The lowest BCUT2D eigenvalue weighted by molar-refractivity contribution is -0.114. The zero-order chi connectivity index (χ0) is 17.2. The van der Waals surface area contributed by atoms with Crippen molar-refractivity contribution in [3.8, 4) is 5.75 Å². The molecule has 0 bridgehead atoms. The second kappa shape index (κ2) is 9.30. The van der Waals surface area contributed by atoms with Gasteiger partial charge < -0.3 is 9.84 Å². The summed E-state index contributed by atoms with van der Waals surface area (Å²) in [7, 11) is 0. The van der Waals surface area contributed by atoms with Crippen LogP contribution in [0.25, 0.3) is 0 Å². The number of benzene rings is 1. The quantitative estimate of drug-likeness (QED) is 0.247. The molecule has 0 unspecified atom stereocenters. The van der Waals surface area contributed by atoms with Crippen molar-refractivity contribution in [2.24, 2.45) is 5.18 Å². The van der Waals surface area contributed by atoms with Crippen molar-refractivity contribution in [2.75, 3.05) is 6.61 Å². The van der Waals surface area contributed by atoms with E-state index < -0.39 is 5.97 Å². The van der Waals surface area contributed by atoms with E-state index in [-0.39, 0.29) is 41.4 Å². The standard InChI is InChI=1S/C17H19NO5/c1-3-5-7-13(19)9-12-10-14(20)11-15(18-22)16(12)17(21)23-8-6-4-2/h4-5,7,10-11,20H,2-3,6,8-9H2,1H3/b7-5+. The molecule has 0 spiro atoms. The molecule has 0 aliphatic rings. The second-order valence-corrected chi connectivity index (χ2v) is 4.76. The summed E-state index contributed by atoms with van der Waals surface area (Å²) in [6, 6.07) is 2.32. The summed E-state index contributed by atoms with van der Waals surface area (Å²) in [5.74, 6) is -1.26. The number of allylic oxidation sites excluding steroid dienone is 2. The molecule has 23 heavy (non-hydrogen) atoms. The van der Waals surface area contributed by atoms with Crippen LogP contribution in [0.15, 0.2) is 42.1 Å². The lowest BCUT2D eigenvalue weighted by atomic mass is 9.99. The molecule has 1 aromatic carbocycles. The van der Waals surface area contributed by atoms with Gasteiger partial charge in [-0.3, -0.25) is 4.79 Å². The number of ketones is 1. The van der Waals surface area contributed by atoms with Crippen LogP contribution < -0.4 is 0 Å². The number of ether oxygens (including phenoxy) is 1. The molecule has 0 saturated carbocycles. The van der Waals surface area contributed by atoms with Crippen molar-refractivity contribution in [3.63, 3.8) is 0 Å². The molecule has 0 amide bonds. The van der Waals surface area contributed by atoms with Crippen LogP contribution in [0.2, 0.25) is 0 Å². The number of hydrogen-bond donors (Lipinski definition) is 1. The Bertz CT molecular complexity index is 634. The van der Waals surface area contributed by atoms with Crippen LogP contribution in [0.4, 0.5) is 5.69 Å². The molecule has 1 rings (SSSR count). The van der Waals surface area contributed by atoms with Crippen LogP contribution in [0.3, 0.4) is 0 Å². The predicted octanol–water partition coefficient (Wildman–Crippen LogP) is 3.60. The van der Waals surface area contributed by atoms with E-state index in [1.165, 1.54) is 12.1 Å². The number of nitrogens with zero attached hydrogens (tertiary/aromatic N) is 1. The fourth-order valence-electron chi connectivity index (χ4n) is 1.92. The fourth-order valence-corrected chi connectivity index (χ4v) is 1.92. The highest BCUT2D eigenvalue weighted by molar-refractivity contribution is 6.00. The van der Waals surface area contributed by atoms with Crippen molar-refractivity contribution in [1.29, 1.82) is 0 Å². The number of carbonyl (C=O) groups excluding carboxylic acids is 2. The van der Waals surface area contributed by atoms with E-state index in [1.54, 1.807) is 12.2 Å². The van der Waals surface area contributed by atoms with Gasteiger partial charge in [-0.15, -0.1) is 11.5 Å². The van der Waals surface area contributed by atoms with Crippen LogP contribution in [-0.4, -0.2) is 23.5 Å². The first-order chi connectivity index (χ1) is 11.0. The van der Waals surface area contributed by atoms with E-state index in [1.807, 2.05) is 6.92 Å². The van der Waals surface area contributed by atoms with Gasteiger partial charge in [0.05, 0.1) is 12.2 Å². The van der Waals surface area contributed by atoms with E-state index in [9.17, 15) is 19.6 Å². The number of phenols is 1. The van der Waals surface area contributed by atoms with Gasteiger partial charge >= 0.3 is 5.97 Å². The first kappa shape index (κ1) is 18.3. The predicted molar refractivity (Wildman–Crippen MR) is 86.8 cm³/mol. The number of carbonyl (C=O) groups is 2. The third kappa shape index (κ3) is 5.50. The molecule has 0 radical (unpaired) electrons. The summed E-state index contributed by atoms with van der Waals surface area (Å²) in [5.41, 5.74) is -0.148. The summed E-state index contributed by atoms with van der Waals surface area (Å²) in [4.78, 5) is 35.0. The van der Waals surface area contributed by atoms with Crippen molar-refractivity contribution >= 4 is 17.4 Å². The molecule has 6 nitrogen and oxygen atoms in total. The van der Waals surface area contributed by atoms with E-state index in [0.29, 0.717) is 12.8 Å². The average molecular weight is 317 g/mol. The maximum Gasteiger partial charge on any atom is 0.340 e. The van der Waals surface area contributed by atoms with Crippen molar-refractivity contribution < 1.29 is 19.4 Å². The van der Waals surface area contributed by atoms with Gasteiger partial charge in [-0.1, -0.05) is 19.1 Å². The topological polar surface area (TPSA) is 93.0 Å². The number of hydrogen-bond acceptors (Lipinski definition) is 6. The molecule has 0 heterocycles. The molecule has 0 atom stereocenters. The Morgan fingerprint density at radius 1 is 1.39 bits per heavy atom. The smallest absolute Gasteiger partial charge is 0.340 e. The molecule has 0 saturated heterocycles. The maximum absolute atomic E-state index is 12.2. The average Bonchev–Trinajstić information content (AvgIpc) is 2.52. The zero-order valence-corrected chi connectivity index (χ0v) is 12.9. The van der Waals surface area contributed by atoms with Crippen LogP contribution in [0, 0.1) is 4.91 Å². The van der Waals surface area contributed by atoms with Gasteiger partial charge in [0.1, 0.15) is 11.4 Å². The molecule has 6 heteroatoms. The fraction of sp³-hybridized carbons (Fsp3) is 0.294. The second-order valence-electron chi connectivity index (χ2n) is 4.76. The third-order valence-corrected chi connectivity index (χ3v) is 2.95. The lowest BCUT2D eigenvalue weighted by Gasteiger charge is -2.10. The summed E-state index contributed by atoms with van der Waals surface area (Å²) in [6.07, 6.45) is 5.68. The summed E-state index contributed by atoms with van der Waals surface area (Å²) >= 11 is 0. The Morgan fingerprint density at radius 2 is 2.13 bits per heavy atom. The minimum Gasteiger partial charge on any atom is -0.508 e. The van der Waals surface area contributed by atoms with Crippen LogP contribution in [0.1, 0.15) is 35.7 Å². The van der Waals surface area contributed by atoms with E-state index in [0.717, 1.165) is 6.07 Å². The molecule has 0 aliphatic carbocycles. The van der Waals surface area contributed by atoms with Gasteiger partial charge in [0.25, 0.3) is 0 Å². The highest BCUT2D eigenvalue weighted by Crippen LogP contribution is 2.30. The monoisotopic (exact) mass is 317 g/mol. The summed E-state index contributed by atoms with van der Waals surface area (Å²) < 4.78 is 5.03. The molecule has 0 aliphatic heterocycles. The Hall–Kier alpha value is -2.76. The molecule has 1 aromatic rings. The number of esters is 1. The van der Waals surface area contributed by atoms with E-state index in [4.69, 9.17) is 4.74 Å². The Balaban J connectivity index is 3.16. The Morgan fingerprint density at radius 3 is 2.74 bits per heavy atom. The summed E-state index contributed by atoms with van der Waals surface area (Å²) in [5, 5.41) is 12.4. The number of nitroso groups, excluding NO2 is 1. The highest BCUT2D eigenvalue weighted by Gasteiger charge is 2.21. The minimum absolute atomic E-state index is 0.0971. The molecule has 0 fully saturated rings. The minimum atomic E-state index is -0.760. The van der Waals surface area contributed by atoms with Crippen molar-refractivity contribution in [1.82, 2.24) is 0 Å². The van der Waals surface area contributed by atoms with Gasteiger partial charge in [0.15, 0.2) is 5.78 Å². The Kier molecular flexibility index (Phi) is 7.39. The first-order valence-electron chi connectivity index (χ1n) is 7.20. The highest BCUT2D eigenvalue weighted by atomic mass is 16.5. The number of phenolic OH excluding ortho intramolecular Hbond substituents is 1. The van der Waals surface area contributed by atoms with Gasteiger partial charge in [0, 0.05) is 12.5 Å².